The number of pyridine rings is 1. The maximum absolute atomic E-state index is 13.4. The van der Waals surface area contributed by atoms with E-state index >= 15 is 0 Å². The summed E-state index contributed by atoms with van der Waals surface area (Å²) in [5.74, 6) is 5.14. The molecule has 0 aliphatic rings. The lowest BCUT2D eigenvalue weighted by atomic mass is 10.3. The van der Waals surface area contributed by atoms with E-state index in [1.165, 1.54) is 23.9 Å². The first-order valence-corrected chi connectivity index (χ1v) is 6.18. The Labute approximate surface area is 107 Å². The van der Waals surface area contributed by atoms with Gasteiger partial charge in [-0.15, -0.1) is 11.8 Å². The molecule has 0 fully saturated rings. The maximum Gasteiger partial charge on any atom is 0.140 e. The van der Waals surface area contributed by atoms with E-state index in [9.17, 15) is 8.78 Å². The summed E-state index contributed by atoms with van der Waals surface area (Å²) in [7, 11) is 0. The minimum Gasteiger partial charge on any atom is -0.308 e. The summed E-state index contributed by atoms with van der Waals surface area (Å²) in [5.41, 5.74) is 3.20. The van der Waals surface area contributed by atoms with E-state index in [-0.39, 0.29) is 0 Å². The van der Waals surface area contributed by atoms with Crippen molar-refractivity contribution in [3.8, 4) is 0 Å². The van der Waals surface area contributed by atoms with Crippen LogP contribution in [0.2, 0.25) is 0 Å². The number of nitrogens with zero attached hydrogens (tertiary/aromatic N) is 1. The Morgan fingerprint density at radius 3 is 2.78 bits per heavy atom. The van der Waals surface area contributed by atoms with Crippen LogP contribution < -0.4 is 11.3 Å². The van der Waals surface area contributed by atoms with Gasteiger partial charge in [-0.1, -0.05) is 6.07 Å². The van der Waals surface area contributed by atoms with Gasteiger partial charge in [0.1, 0.15) is 17.5 Å². The first kappa shape index (κ1) is 12.8. The summed E-state index contributed by atoms with van der Waals surface area (Å²) in [6.45, 7) is 0. The van der Waals surface area contributed by atoms with E-state index in [4.69, 9.17) is 5.84 Å². The molecule has 0 amide bonds. The zero-order chi connectivity index (χ0) is 13.0. The lowest BCUT2D eigenvalue weighted by Crippen LogP contribution is -2.08. The quantitative estimate of drug-likeness (QED) is 0.508. The van der Waals surface area contributed by atoms with Crippen LogP contribution in [0, 0.1) is 11.6 Å². The molecule has 0 atom stereocenters. The third kappa shape index (κ3) is 3.18. The minimum absolute atomic E-state index is 0.393. The zero-order valence-corrected chi connectivity index (χ0v) is 10.2. The summed E-state index contributed by atoms with van der Waals surface area (Å²) >= 11 is 1.26. The van der Waals surface area contributed by atoms with Crippen molar-refractivity contribution >= 4 is 17.6 Å². The Morgan fingerprint density at radius 1 is 1.22 bits per heavy atom. The molecule has 0 spiro atoms. The first-order chi connectivity index (χ1) is 8.69. The Balaban J connectivity index is 2.06. The van der Waals surface area contributed by atoms with Gasteiger partial charge in [0, 0.05) is 16.7 Å². The van der Waals surface area contributed by atoms with E-state index < -0.39 is 11.6 Å². The molecule has 1 heterocycles. The molecule has 0 radical (unpaired) electrons. The molecular weight excluding hydrogens is 256 g/mol. The highest BCUT2D eigenvalue weighted by atomic mass is 32.2. The van der Waals surface area contributed by atoms with Crippen molar-refractivity contribution in [2.75, 3.05) is 5.43 Å². The van der Waals surface area contributed by atoms with Crippen molar-refractivity contribution in [1.82, 2.24) is 4.98 Å². The largest absolute Gasteiger partial charge is 0.308 e. The van der Waals surface area contributed by atoms with E-state index in [2.05, 4.69) is 10.4 Å². The number of halogens is 2. The van der Waals surface area contributed by atoms with Gasteiger partial charge < -0.3 is 5.43 Å². The van der Waals surface area contributed by atoms with Crippen LogP contribution in [0.25, 0.3) is 0 Å². The number of rotatable bonds is 4. The van der Waals surface area contributed by atoms with E-state index in [0.29, 0.717) is 16.5 Å². The summed E-state index contributed by atoms with van der Waals surface area (Å²) in [6.07, 6.45) is 0. The molecule has 0 saturated carbocycles. The standard InChI is InChI=1S/C12H11F2N3S/c13-8-4-5-11(10(14)6-8)18-7-9-2-1-3-12(16-9)17-15/h1-6H,7,15H2,(H,16,17). The van der Waals surface area contributed by atoms with Crippen molar-refractivity contribution in [3.05, 3.63) is 53.7 Å². The minimum atomic E-state index is -0.579. The predicted molar refractivity (Wildman–Crippen MR) is 68.0 cm³/mol. The molecule has 0 bridgehead atoms. The Bertz CT molecular complexity index is 549. The van der Waals surface area contributed by atoms with Gasteiger partial charge in [0.2, 0.25) is 0 Å². The number of hydrazine groups is 1. The number of hydrogen-bond acceptors (Lipinski definition) is 4. The third-order valence-corrected chi connectivity index (χ3v) is 3.31. The SMILES string of the molecule is NNc1cccc(CSc2ccc(F)cc2F)n1. The van der Waals surface area contributed by atoms with Crippen LogP contribution in [0.15, 0.2) is 41.3 Å². The molecule has 0 aliphatic carbocycles. The van der Waals surface area contributed by atoms with Crippen molar-refractivity contribution in [3.63, 3.8) is 0 Å². The van der Waals surface area contributed by atoms with Crippen molar-refractivity contribution in [1.29, 1.82) is 0 Å². The van der Waals surface area contributed by atoms with E-state index in [0.717, 1.165) is 11.8 Å². The summed E-state index contributed by atoms with van der Waals surface area (Å²) in [4.78, 5) is 4.59. The van der Waals surface area contributed by atoms with Gasteiger partial charge in [0.15, 0.2) is 0 Å². The third-order valence-electron chi connectivity index (χ3n) is 2.22. The lowest BCUT2D eigenvalue weighted by Gasteiger charge is -2.05. The van der Waals surface area contributed by atoms with Crippen LogP contribution in [0.4, 0.5) is 14.6 Å². The molecule has 2 rings (SSSR count). The summed E-state index contributed by atoms with van der Waals surface area (Å²) in [6, 6.07) is 8.87. The molecule has 1 aromatic heterocycles. The monoisotopic (exact) mass is 267 g/mol. The van der Waals surface area contributed by atoms with Crippen molar-refractivity contribution < 1.29 is 8.78 Å². The average Bonchev–Trinajstić information content (AvgIpc) is 2.38. The smallest absolute Gasteiger partial charge is 0.140 e. The van der Waals surface area contributed by atoms with Crippen LogP contribution in [0.5, 0.6) is 0 Å². The molecular formula is C12H11F2N3S. The van der Waals surface area contributed by atoms with Gasteiger partial charge in [-0.2, -0.15) is 0 Å². The van der Waals surface area contributed by atoms with Gasteiger partial charge in [-0.05, 0) is 24.3 Å². The predicted octanol–water partition coefficient (Wildman–Crippen LogP) is 2.94. The van der Waals surface area contributed by atoms with Crippen LogP contribution in [-0.4, -0.2) is 4.98 Å². The highest BCUT2D eigenvalue weighted by molar-refractivity contribution is 7.98. The van der Waals surface area contributed by atoms with Crippen LogP contribution in [0.3, 0.4) is 0 Å². The fraction of sp³-hybridized carbons (Fsp3) is 0.0833. The topological polar surface area (TPSA) is 50.9 Å². The van der Waals surface area contributed by atoms with E-state index in [1.54, 1.807) is 12.1 Å². The number of aromatic nitrogens is 1. The van der Waals surface area contributed by atoms with Crippen molar-refractivity contribution in [2.24, 2.45) is 5.84 Å². The van der Waals surface area contributed by atoms with Crippen molar-refractivity contribution in [2.45, 2.75) is 10.6 Å². The molecule has 2 aromatic rings. The fourth-order valence-electron chi connectivity index (χ4n) is 1.38. The van der Waals surface area contributed by atoms with Gasteiger partial charge in [0.05, 0.1) is 5.69 Å². The highest BCUT2D eigenvalue weighted by Gasteiger charge is 2.05. The molecule has 0 unspecified atom stereocenters. The molecule has 0 saturated heterocycles. The molecule has 94 valence electrons. The highest BCUT2D eigenvalue weighted by Crippen LogP contribution is 2.25. The molecule has 6 heteroatoms. The van der Waals surface area contributed by atoms with Crippen LogP contribution >= 0.6 is 11.8 Å². The van der Waals surface area contributed by atoms with Gasteiger partial charge in [-0.3, -0.25) is 0 Å². The number of hydrogen-bond donors (Lipinski definition) is 2. The van der Waals surface area contributed by atoms with Crippen LogP contribution in [-0.2, 0) is 5.75 Å². The number of anilines is 1. The second-order valence-corrected chi connectivity index (χ2v) is 4.54. The first-order valence-electron chi connectivity index (χ1n) is 5.19. The molecule has 18 heavy (non-hydrogen) atoms. The number of nitrogens with one attached hydrogen (secondary N) is 1. The Morgan fingerprint density at radius 2 is 2.06 bits per heavy atom. The Hall–Kier alpha value is -1.66. The number of nitrogens with two attached hydrogens (primary N) is 1. The number of thioether (sulfide) groups is 1. The molecule has 3 nitrogen and oxygen atoms in total. The maximum atomic E-state index is 13.4. The average molecular weight is 267 g/mol. The second kappa shape index (κ2) is 5.79. The van der Waals surface area contributed by atoms with Gasteiger partial charge in [-0.25, -0.2) is 19.6 Å². The zero-order valence-electron chi connectivity index (χ0n) is 9.36. The molecule has 0 aliphatic heterocycles. The lowest BCUT2D eigenvalue weighted by molar-refractivity contribution is 0.565. The van der Waals surface area contributed by atoms with Gasteiger partial charge in [0.25, 0.3) is 0 Å². The fourth-order valence-corrected chi connectivity index (χ4v) is 2.21. The molecule has 3 N–H and O–H groups in total. The second-order valence-electron chi connectivity index (χ2n) is 3.52. The normalized spacial score (nSPS) is 10.4. The van der Waals surface area contributed by atoms with Gasteiger partial charge >= 0.3 is 0 Å². The van der Waals surface area contributed by atoms with Crippen LogP contribution in [0.1, 0.15) is 5.69 Å². The number of nitrogen functional groups attached to an aromatic ring is 1. The molecule has 1 aromatic carbocycles. The summed E-state index contributed by atoms with van der Waals surface area (Å²) < 4.78 is 26.1. The van der Waals surface area contributed by atoms with E-state index in [1.807, 2.05) is 6.07 Å². The summed E-state index contributed by atoms with van der Waals surface area (Å²) in [5, 5.41) is 0. The number of benzene rings is 1. The Kier molecular flexibility index (Phi) is 4.11.